The van der Waals surface area contributed by atoms with Gasteiger partial charge in [-0.05, 0) is 130 Å². The third kappa shape index (κ3) is 6.27. The molecule has 4 rings (SSSR count). The third-order valence-corrected chi connectivity index (χ3v) is 7.77. The number of carboxylic acid groups (broad SMARTS) is 1. The van der Waals surface area contributed by atoms with E-state index in [2.05, 4.69) is 50.2 Å². The van der Waals surface area contributed by atoms with Gasteiger partial charge >= 0.3 is 5.97 Å². The van der Waals surface area contributed by atoms with Crippen LogP contribution in [0.15, 0.2) is 70.6 Å². The Balaban J connectivity index is 1.52. The van der Waals surface area contributed by atoms with Crippen molar-refractivity contribution in [3.63, 3.8) is 0 Å². The number of carboxylic acids is 1. The number of thioether (sulfide) groups is 1. The van der Waals surface area contributed by atoms with Crippen LogP contribution in [0.25, 0.3) is 6.08 Å². The average Bonchev–Trinajstić information content (AvgIpc) is 3.13. The maximum atomic E-state index is 13.2. The number of nitrogens with zero attached hydrogens (tertiary/aromatic N) is 2. The number of carbonyl (C=O) groups is 2. The van der Waals surface area contributed by atoms with E-state index in [1.807, 2.05) is 25.1 Å². The Kier molecular flexibility index (Phi) is 8.67. The largest absolute Gasteiger partial charge is 0.487 e. The highest BCUT2D eigenvalue weighted by atomic mass is 127. The molecule has 6 nitrogen and oxygen atoms in total. The van der Waals surface area contributed by atoms with Crippen molar-refractivity contribution in [2.45, 2.75) is 13.5 Å². The predicted octanol–water partition coefficient (Wildman–Crippen LogP) is 6.94. The Hall–Kier alpha value is -2.45. The van der Waals surface area contributed by atoms with Crippen molar-refractivity contribution in [2.75, 3.05) is 6.54 Å². The van der Waals surface area contributed by atoms with Crippen LogP contribution < -0.4 is 4.74 Å². The van der Waals surface area contributed by atoms with Gasteiger partial charge in [-0.15, -0.1) is 0 Å². The Morgan fingerprint density at radius 3 is 2.33 bits per heavy atom. The maximum absolute atomic E-state index is 13.2. The van der Waals surface area contributed by atoms with Crippen molar-refractivity contribution in [1.29, 1.82) is 0 Å². The highest BCUT2D eigenvalue weighted by Gasteiger charge is 2.32. The first kappa shape index (κ1) is 26.6. The van der Waals surface area contributed by atoms with Crippen LogP contribution in [0.5, 0.6) is 5.75 Å². The second-order valence-electron chi connectivity index (χ2n) is 7.64. The Bertz CT molecular complexity index is 1350. The van der Waals surface area contributed by atoms with Crippen LogP contribution in [0.4, 0.5) is 10.1 Å². The van der Waals surface area contributed by atoms with Gasteiger partial charge in [0.1, 0.15) is 18.2 Å². The zero-order valence-corrected chi connectivity index (χ0v) is 24.0. The quantitative estimate of drug-likeness (QED) is 0.211. The Morgan fingerprint density at radius 2 is 1.75 bits per heavy atom. The molecule has 10 heteroatoms. The van der Waals surface area contributed by atoms with Gasteiger partial charge in [0.25, 0.3) is 5.91 Å². The molecule has 1 N–H and O–H groups in total. The molecule has 0 spiro atoms. The lowest BCUT2D eigenvalue weighted by atomic mass is 10.1. The molecule has 1 fully saturated rings. The van der Waals surface area contributed by atoms with E-state index >= 15 is 0 Å². The molecule has 0 atom stereocenters. The number of carbonyl (C=O) groups excluding carboxylic acids is 1. The molecular weight excluding hydrogens is 709 g/mol. The highest BCUT2D eigenvalue weighted by Crippen LogP contribution is 2.36. The Labute approximate surface area is 238 Å². The number of ether oxygens (including phenoxy) is 1. The van der Waals surface area contributed by atoms with Gasteiger partial charge in [0.15, 0.2) is 5.17 Å². The van der Waals surface area contributed by atoms with Gasteiger partial charge in [0.2, 0.25) is 0 Å². The summed E-state index contributed by atoms with van der Waals surface area (Å²) in [6, 6.07) is 16.3. The van der Waals surface area contributed by atoms with E-state index in [-0.39, 0.29) is 17.3 Å². The van der Waals surface area contributed by atoms with Crippen molar-refractivity contribution in [2.24, 2.45) is 4.99 Å². The first-order valence-corrected chi connectivity index (χ1v) is 13.7. The van der Waals surface area contributed by atoms with Crippen molar-refractivity contribution in [3.8, 4) is 5.75 Å². The van der Waals surface area contributed by atoms with Crippen LogP contribution in [0.1, 0.15) is 28.4 Å². The molecule has 1 amide bonds. The summed E-state index contributed by atoms with van der Waals surface area (Å²) in [4.78, 5) is 30.7. The monoisotopic (exact) mass is 728 g/mol. The molecule has 1 aliphatic rings. The molecule has 1 aliphatic heterocycles. The van der Waals surface area contributed by atoms with Gasteiger partial charge in [-0.25, -0.2) is 14.2 Å². The fraction of sp³-hybridized carbons (Fsp3) is 0.115. The number of amidine groups is 1. The second-order valence-corrected chi connectivity index (χ2v) is 11.0. The number of hydrogen-bond acceptors (Lipinski definition) is 5. The molecule has 36 heavy (non-hydrogen) atoms. The first-order valence-electron chi connectivity index (χ1n) is 10.7. The molecule has 0 unspecified atom stereocenters. The summed E-state index contributed by atoms with van der Waals surface area (Å²) in [5.41, 5.74) is 2.53. The predicted molar refractivity (Wildman–Crippen MR) is 156 cm³/mol. The number of likely N-dealkylation sites (N-methyl/N-ethyl adjacent to an activating group) is 1. The number of rotatable bonds is 7. The average molecular weight is 728 g/mol. The number of amides is 1. The van der Waals surface area contributed by atoms with E-state index in [1.165, 1.54) is 23.9 Å². The van der Waals surface area contributed by atoms with Gasteiger partial charge in [0, 0.05) is 6.54 Å². The fourth-order valence-electron chi connectivity index (χ4n) is 3.35. The molecular formula is C26H19FI2N2O4S. The SMILES string of the molecule is CCN1C(=O)/C(=C\c2cc(I)c(OCc3ccc(C(=O)O)cc3)c(I)c2)SC1=Nc1ccc(F)cc1. The number of aliphatic imine (C=N–C) groups is 1. The van der Waals surface area contributed by atoms with Crippen molar-refractivity contribution >= 4 is 85.8 Å². The number of aromatic carboxylic acids is 1. The molecule has 3 aromatic carbocycles. The van der Waals surface area contributed by atoms with E-state index in [4.69, 9.17) is 9.84 Å². The summed E-state index contributed by atoms with van der Waals surface area (Å²) < 4.78 is 21.0. The van der Waals surface area contributed by atoms with E-state index in [0.717, 1.165) is 24.0 Å². The van der Waals surface area contributed by atoms with Crippen LogP contribution in [0, 0.1) is 13.0 Å². The summed E-state index contributed by atoms with van der Waals surface area (Å²) in [7, 11) is 0. The standard InChI is InChI=1S/C26H19FI2N2O4S/c1-2-31-24(32)22(36-26(31)30-19-9-7-18(27)8-10-19)13-16-11-20(28)23(21(29)12-16)35-14-15-3-5-17(6-4-15)25(33)34/h3-13H,2,14H2,1H3,(H,33,34)/b22-13+,30-26?. The van der Waals surface area contributed by atoms with Gasteiger partial charge in [-0.2, -0.15) is 0 Å². The van der Waals surface area contributed by atoms with Gasteiger partial charge in [-0.3, -0.25) is 9.69 Å². The van der Waals surface area contributed by atoms with E-state index in [1.54, 1.807) is 41.3 Å². The van der Waals surface area contributed by atoms with Crippen LogP contribution in [0.2, 0.25) is 0 Å². The molecule has 0 aromatic heterocycles. The van der Waals surface area contributed by atoms with Crippen molar-refractivity contribution in [3.05, 3.63) is 95.2 Å². The normalized spacial score (nSPS) is 15.7. The zero-order chi connectivity index (χ0) is 25.8. The lowest BCUT2D eigenvalue weighted by molar-refractivity contribution is -0.122. The minimum Gasteiger partial charge on any atom is -0.487 e. The molecule has 0 saturated carbocycles. The zero-order valence-electron chi connectivity index (χ0n) is 18.9. The summed E-state index contributed by atoms with van der Waals surface area (Å²) in [5, 5.41) is 9.59. The van der Waals surface area contributed by atoms with Crippen molar-refractivity contribution < 1.29 is 23.8 Å². The summed E-state index contributed by atoms with van der Waals surface area (Å²) in [5.74, 6) is -0.709. The van der Waals surface area contributed by atoms with Gasteiger partial charge in [0.05, 0.1) is 23.3 Å². The van der Waals surface area contributed by atoms with Crippen LogP contribution in [-0.4, -0.2) is 33.6 Å². The summed E-state index contributed by atoms with van der Waals surface area (Å²) in [6.45, 7) is 2.66. The van der Waals surface area contributed by atoms with Gasteiger partial charge < -0.3 is 9.84 Å². The number of hydrogen-bond donors (Lipinski definition) is 1. The van der Waals surface area contributed by atoms with E-state index in [9.17, 15) is 14.0 Å². The van der Waals surface area contributed by atoms with Crippen LogP contribution >= 0.6 is 56.9 Å². The minimum atomic E-state index is -0.967. The lowest BCUT2D eigenvalue weighted by Crippen LogP contribution is -2.28. The van der Waals surface area contributed by atoms with E-state index < -0.39 is 5.97 Å². The minimum absolute atomic E-state index is 0.126. The highest BCUT2D eigenvalue weighted by molar-refractivity contribution is 14.1. The lowest BCUT2D eigenvalue weighted by Gasteiger charge is -2.12. The third-order valence-electron chi connectivity index (χ3n) is 5.16. The molecule has 184 valence electrons. The molecule has 0 aliphatic carbocycles. The van der Waals surface area contributed by atoms with Crippen LogP contribution in [-0.2, 0) is 11.4 Å². The fourth-order valence-corrected chi connectivity index (χ4v) is 6.54. The smallest absolute Gasteiger partial charge is 0.335 e. The Morgan fingerprint density at radius 1 is 1.11 bits per heavy atom. The van der Waals surface area contributed by atoms with E-state index in [0.29, 0.717) is 28.9 Å². The number of halogens is 3. The molecule has 0 bridgehead atoms. The summed E-state index contributed by atoms with van der Waals surface area (Å²) >= 11 is 5.69. The van der Waals surface area contributed by atoms with Crippen LogP contribution in [0.3, 0.4) is 0 Å². The summed E-state index contributed by atoms with van der Waals surface area (Å²) in [6.07, 6.45) is 1.83. The molecule has 1 saturated heterocycles. The number of benzene rings is 3. The van der Waals surface area contributed by atoms with Gasteiger partial charge in [-0.1, -0.05) is 12.1 Å². The second kappa shape index (κ2) is 11.7. The first-order chi connectivity index (χ1) is 17.2. The molecule has 1 heterocycles. The molecule has 3 aromatic rings. The maximum Gasteiger partial charge on any atom is 0.335 e. The molecule has 0 radical (unpaired) electrons. The van der Waals surface area contributed by atoms with Crippen molar-refractivity contribution in [1.82, 2.24) is 4.90 Å². The topological polar surface area (TPSA) is 79.2 Å².